The first-order valence-corrected chi connectivity index (χ1v) is 10.5. The maximum absolute atomic E-state index is 10.2. The van der Waals surface area contributed by atoms with Gasteiger partial charge in [-0.2, -0.15) is 0 Å². The Bertz CT molecular complexity index is 297. The second-order valence-corrected chi connectivity index (χ2v) is 12.2. The fraction of sp³-hybridized carbons (Fsp3) is 0.875. The summed E-state index contributed by atoms with van der Waals surface area (Å²) in [4.78, 5) is 0. The number of hydrogen-bond donors (Lipinski definition) is 2. The van der Waals surface area contributed by atoms with Crippen LogP contribution in [0.3, 0.4) is 0 Å². The van der Waals surface area contributed by atoms with Gasteiger partial charge in [0.25, 0.3) is 0 Å². The van der Waals surface area contributed by atoms with E-state index in [0.717, 1.165) is 0 Å². The van der Waals surface area contributed by atoms with Gasteiger partial charge in [-0.05, 0) is 24.6 Å². The van der Waals surface area contributed by atoms with Crippen molar-refractivity contribution in [2.75, 3.05) is 6.61 Å². The summed E-state index contributed by atoms with van der Waals surface area (Å²) in [6.45, 7) is 19.0. The zero-order chi connectivity index (χ0) is 16.1. The summed E-state index contributed by atoms with van der Waals surface area (Å²) in [7, 11) is -1.75. The Labute approximate surface area is 126 Å². The highest BCUT2D eigenvalue weighted by Crippen LogP contribution is 2.36. The van der Waals surface area contributed by atoms with Gasteiger partial charge in [0.1, 0.15) is 0 Å². The van der Waals surface area contributed by atoms with Crippen molar-refractivity contribution in [3.63, 3.8) is 0 Å². The Hall–Kier alpha value is -0.163. The highest BCUT2D eigenvalue weighted by Gasteiger charge is 2.37. The van der Waals surface area contributed by atoms with E-state index in [4.69, 9.17) is 4.43 Å². The molecule has 4 atom stereocenters. The van der Waals surface area contributed by atoms with Crippen molar-refractivity contribution in [1.29, 1.82) is 0 Å². The van der Waals surface area contributed by atoms with E-state index in [9.17, 15) is 10.2 Å². The monoisotopic (exact) mass is 302 g/mol. The van der Waals surface area contributed by atoms with Crippen LogP contribution in [0, 0.1) is 11.8 Å². The molecule has 0 aliphatic heterocycles. The number of rotatable bonds is 8. The van der Waals surface area contributed by atoms with Crippen molar-refractivity contribution < 1.29 is 14.6 Å². The lowest BCUT2D eigenvalue weighted by Gasteiger charge is -2.36. The molecule has 0 spiro atoms. The quantitative estimate of drug-likeness (QED) is 0.532. The largest absolute Gasteiger partial charge is 0.417 e. The van der Waals surface area contributed by atoms with Crippen molar-refractivity contribution in [2.45, 2.75) is 71.4 Å². The SMILES string of the molecule is C=C[C@@H](C)[C@@H](O)[C@H](C)[C@@H](O)CCO[Si](C)(C)C(C)(C)C. The summed E-state index contributed by atoms with van der Waals surface area (Å²) in [5, 5.41) is 20.4. The highest BCUT2D eigenvalue weighted by atomic mass is 28.4. The molecule has 0 aromatic rings. The summed E-state index contributed by atoms with van der Waals surface area (Å²) < 4.78 is 6.06. The van der Waals surface area contributed by atoms with Gasteiger partial charge >= 0.3 is 0 Å². The Kier molecular flexibility index (Phi) is 7.67. The predicted molar refractivity (Wildman–Crippen MR) is 88.3 cm³/mol. The third-order valence-electron chi connectivity index (χ3n) is 4.74. The average molecular weight is 303 g/mol. The van der Waals surface area contributed by atoms with Gasteiger partial charge < -0.3 is 14.6 Å². The van der Waals surface area contributed by atoms with E-state index in [2.05, 4.69) is 40.4 Å². The lowest BCUT2D eigenvalue weighted by Crippen LogP contribution is -2.42. The van der Waals surface area contributed by atoms with Crippen LogP contribution in [0.25, 0.3) is 0 Å². The Morgan fingerprint density at radius 2 is 1.70 bits per heavy atom. The summed E-state index contributed by atoms with van der Waals surface area (Å²) in [6.07, 6.45) is 1.18. The topological polar surface area (TPSA) is 49.7 Å². The van der Waals surface area contributed by atoms with E-state index in [-0.39, 0.29) is 16.9 Å². The molecule has 0 bridgehead atoms. The van der Waals surface area contributed by atoms with Crippen LogP contribution < -0.4 is 0 Å². The molecule has 0 radical (unpaired) electrons. The fourth-order valence-electron chi connectivity index (χ4n) is 1.76. The molecule has 0 saturated carbocycles. The van der Waals surface area contributed by atoms with Crippen LogP contribution in [-0.4, -0.2) is 37.3 Å². The zero-order valence-electron chi connectivity index (χ0n) is 14.3. The van der Waals surface area contributed by atoms with Crippen molar-refractivity contribution >= 4 is 8.32 Å². The van der Waals surface area contributed by atoms with Crippen molar-refractivity contribution in [3.8, 4) is 0 Å². The summed E-state index contributed by atoms with van der Waals surface area (Å²) >= 11 is 0. The minimum absolute atomic E-state index is 0.0130. The second kappa shape index (κ2) is 7.73. The first-order chi connectivity index (χ1) is 8.94. The molecule has 0 saturated heterocycles. The Balaban J connectivity index is 4.30. The molecular formula is C16H34O3Si. The van der Waals surface area contributed by atoms with Crippen LogP contribution in [0.5, 0.6) is 0 Å². The van der Waals surface area contributed by atoms with Crippen molar-refractivity contribution in [2.24, 2.45) is 11.8 Å². The van der Waals surface area contributed by atoms with Crippen LogP contribution in [-0.2, 0) is 4.43 Å². The Morgan fingerprint density at radius 3 is 2.10 bits per heavy atom. The standard InChI is InChI=1S/C16H34O3Si/c1-9-12(2)15(18)13(3)14(17)10-11-19-20(7,8)16(4,5)6/h9,12-15,17-18H,1,10-11H2,2-8H3/t12-,13-,14+,15-/m1/s1. The third kappa shape index (κ3) is 5.68. The summed E-state index contributed by atoms with van der Waals surface area (Å²) in [5.41, 5.74) is 0. The third-order valence-corrected chi connectivity index (χ3v) is 9.28. The summed E-state index contributed by atoms with van der Waals surface area (Å²) in [5.74, 6) is -0.188. The first-order valence-electron chi connectivity index (χ1n) is 7.56. The number of aliphatic hydroxyl groups is 2. The molecule has 120 valence electrons. The minimum Gasteiger partial charge on any atom is -0.417 e. The lowest BCUT2D eigenvalue weighted by atomic mass is 9.88. The van der Waals surface area contributed by atoms with Gasteiger partial charge in [0.15, 0.2) is 8.32 Å². The normalized spacial score (nSPS) is 19.2. The van der Waals surface area contributed by atoms with Gasteiger partial charge in [-0.1, -0.05) is 40.7 Å². The van der Waals surface area contributed by atoms with E-state index in [1.165, 1.54) is 0 Å². The van der Waals surface area contributed by atoms with Gasteiger partial charge in [0, 0.05) is 18.4 Å². The average Bonchev–Trinajstić information content (AvgIpc) is 2.34. The van der Waals surface area contributed by atoms with Crippen LogP contribution in [0.2, 0.25) is 18.1 Å². The van der Waals surface area contributed by atoms with Gasteiger partial charge in [0.2, 0.25) is 0 Å². The van der Waals surface area contributed by atoms with E-state index in [1.807, 2.05) is 13.8 Å². The van der Waals surface area contributed by atoms with Gasteiger partial charge in [-0.3, -0.25) is 0 Å². The van der Waals surface area contributed by atoms with E-state index < -0.39 is 20.5 Å². The second-order valence-electron chi connectivity index (χ2n) is 7.41. The smallest absolute Gasteiger partial charge is 0.191 e. The molecule has 0 heterocycles. The molecule has 0 unspecified atom stereocenters. The number of hydrogen-bond acceptors (Lipinski definition) is 3. The molecule has 3 nitrogen and oxygen atoms in total. The predicted octanol–water partition coefficient (Wildman–Crippen LogP) is 3.58. The van der Waals surface area contributed by atoms with Crippen molar-refractivity contribution in [3.05, 3.63) is 12.7 Å². The maximum Gasteiger partial charge on any atom is 0.191 e. The molecule has 20 heavy (non-hydrogen) atoms. The Morgan fingerprint density at radius 1 is 1.20 bits per heavy atom. The van der Waals surface area contributed by atoms with Gasteiger partial charge in [-0.25, -0.2) is 0 Å². The molecule has 0 rings (SSSR count). The van der Waals surface area contributed by atoms with Crippen LogP contribution >= 0.6 is 0 Å². The van der Waals surface area contributed by atoms with Crippen LogP contribution in [0.15, 0.2) is 12.7 Å². The first kappa shape index (κ1) is 19.8. The lowest BCUT2D eigenvalue weighted by molar-refractivity contribution is -0.00497. The molecule has 0 fully saturated rings. The molecule has 0 aliphatic carbocycles. The molecular weight excluding hydrogens is 268 g/mol. The number of aliphatic hydroxyl groups excluding tert-OH is 2. The molecule has 0 aliphatic rings. The van der Waals surface area contributed by atoms with E-state index in [0.29, 0.717) is 13.0 Å². The minimum atomic E-state index is -1.75. The van der Waals surface area contributed by atoms with E-state index in [1.54, 1.807) is 6.08 Å². The van der Waals surface area contributed by atoms with Crippen molar-refractivity contribution in [1.82, 2.24) is 0 Å². The zero-order valence-corrected chi connectivity index (χ0v) is 15.3. The molecule has 0 aromatic carbocycles. The molecule has 2 N–H and O–H groups in total. The van der Waals surface area contributed by atoms with Gasteiger partial charge in [-0.15, -0.1) is 6.58 Å². The van der Waals surface area contributed by atoms with Crippen LogP contribution in [0.4, 0.5) is 0 Å². The molecule has 4 heteroatoms. The fourth-order valence-corrected chi connectivity index (χ4v) is 2.82. The molecule has 0 amide bonds. The highest BCUT2D eigenvalue weighted by molar-refractivity contribution is 6.74. The summed E-state index contributed by atoms with van der Waals surface area (Å²) in [6, 6.07) is 0. The van der Waals surface area contributed by atoms with Crippen LogP contribution in [0.1, 0.15) is 41.0 Å². The maximum atomic E-state index is 10.2. The van der Waals surface area contributed by atoms with E-state index >= 15 is 0 Å². The van der Waals surface area contributed by atoms with Gasteiger partial charge in [0.05, 0.1) is 12.2 Å². The molecule has 0 aromatic heterocycles.